The number of carbonyl (C=O) groups excluding carboxylic acids is 1. The highest BCUT2D eigenvalue weighted by Gasteiger charge is 2.22. The van der Waals surface area contributed by atoms with Gasteiger partial charge in [0.05, 0.1) is 21.7 Å². The van der Waals surface area contributed by atoms with E-state index in [0.29, 0.717) is 25.3 Å². The Bertz CT molecular complexity index is 1320. The number of benzene rings is 2. The summed E-state index contributed by atoms with van der Waals surface area (Å²) < 4.78 is 33.4. The van der Waals surface area contributed by atoms with E-state index in [-0.39, 0.29) is 10.8 Å². The molecule has 1 aliphatic rings. The zero-order valence-corrected chi connectivity index (χ0v) is 24.0. The number of amides is 1. The molecule has 9 nitrogen and oxygen atoms in total. The molecule has 0 bridgehead atoms. The number of hydrogen-bond acceptors (Lipinski definition) is 8. The van der Waals surface area contributed by atoms with Crippen molar-refractivity contribution in [2.45, 2.75) is 31.6 Å². The summed E-state index contributed by atoms with van der Waals surface area (Å²) in [4.78, 5) is 22.2. The third-order valence-corrected chi connectivity index (χ3v) is 9.62. The fourth-order valence-corrected chi connectivity index (χ4v) is 6.59. The maximum atomic E-state index is 12.7. The van der Waals surface area contributed by atoms with Crippen molar-refractivity contribution in [3.8, 4) is 5.75 Å². The second kappa shape index (κ2) is 12.9. The van der Waals surface area contributed by atoms with E-state index in [1.165, 1.54) is 16.4 Å². The first kappa shape index (κ1) is 28.3. The van der Waals surface area contributed by atoms with Crippen molar-refractivity contribution in [1.82, 2.24) is 19.5 Å². The predicted octanol–water partition coefficient (Wildman–Crippen LogP) is 3.67. The van der Waals surface area contributed by atoms with Gasteiger partial charge in [-0.05, 0) is 55.8 Å². The Morgan fingerprint density at radius 2 is 1.84 bits per heavy atom. The van der Waals surface area contributed by atoms with Crippen LogP contribution in [0.25, 0.3) is 10.2 Å². The highest BCUT2D eigenvalue weighted by molar-refractivity contribution is 7.89. The maximum Gasteiger partial charge on any atom is 0.251 e. The quantitative estimate of drug-likeness (QED) is 0.362. The number of ether oxygens (including phenoxy) is 1. The normalized spacial score (nSPS) is 14.8. The number of fused-ring (bicyclic) bond motifs is 1. The Labute approximate surface area is 229 Å². The van der Waals surface area contributed by atoms with E-state index in [0.717, 1.165) is 66.7 Å². The number of aromatic nitrogens is 1. The lowest BCUT2D eigenvalue weighted by Crippen LogP contribution is -2.48. The molecule has 3 aromatic rings. The zero-order chi connectivity index (χ0) is 27.1. The van der Waals surface area contributed by atoms with Crippen LogP contribution in [0.15, 0.2) is 47.4 Å². The third kappa shape index (κ3) is 6.82. The average molecular weight is 560 g/mol. The minimum atomic E-state index is -3.54. The van der Waals surface area contributed by atoms with Crippen molar-refractivity contribution in [2.75, 3.05) is 64.4 Å². The van der Waals surface area contributed by atoms with Gasteiger partial charge in [0.2, 0.25) is 10.0 Å². The van der Waals surface area contributed by atoms with Crippen molar-refractivity contribution in [1.29, 1.82) is 0 Å². The van der Waals surface area contributed by atoms with Crippen LogP contribution in [-0.2, 0) is 10.0 Å². The van der Waals surface area contributed by atoms with Crippen LogP contribution >= 0.6 is 11.3 Å². The number of sulfonamides is 1. The predicted molar refractivity (Wildman–Crippen MR) is 153 cm³/mol. The van der Waals surface area contributed by atoms with Crippen molar-refractivity contribution >= 4 is 42.6 Å². The number of carbonyl (C=O) groups is 1. The van der Waals surface area contributed by atoms with Gasteiger partial charge >= 0.3 is 0 Å². The van der Waals surface area contributed by atoms with Gasteiger partial charge in [-0.25, -0.2) is 17.7 Å². The molecule has 0 saturated carbocycles. The van der Waals surface area contributed by atoms with Crippen molar-refractivity contribution in [3.05, 3.63) is 48.0 Å². The van der Waals surface area contributed by atoms with Crippen molar-refractivity contribution < 1.29 is 17.9 Å². The molecule has 0 unspecified atom stereocenters. The Kier molecular flexibility index (Phi) is 9.59. The first-order valence-electron chi connectivity index (χ1n) is 13.2. The van der Waals surface area contributed by atoms with E-state index >= 15 is 0 Å². The van der Waals surface area contributed by atoms with Gasteiger partial charge < -0.3 is 15.0 Å². The van der Waals surface area contributed by atoms with Crippen LogP contribution < -0.4 is 15.0 Å². The summed E-state index contributed by atoms with van der Waals surface area (Å²) in [5, 5.41) is 3.99. The Hall–Kier alpha value is -2.73. The Morgan fingerprint density at radius 3 is 2.53 bits per heavy atom. The lowest BCUT2D eigenvalue weighted by atomic mass is 10.2. The summed E-state index contributed by atoms with van der Waals surface area (Å²) in [6, 6.07) is 12.2. The molecule has 0 aliphatic carbocycles. The largest absolute Gasteiger partial charge is 0.494 e. The van der Waals surface area contributed by atoms with Gasteiger partial charge in [0.25, 0.3) is 5.91 Å². The number of nitrogens with one attached hydrogen (secondary N) is 1. The number of anilines is 1. The molecule has 1 amide bonds. The lowest BCUT2D eigenvalue weighted by molar-refractivity contribution is 0.0947. The number of hydrogen-bond donors (Lipinski definition) is 1. The van der Waals surface area contributed by atoms with Crippen LogP contribution in [-0.4, -0.2) is 88.0 Å². The molecular formula is C27H37N5O4S2. The lowest BCUT2D eigenvalue weighted by Gasteiger charge is -2.34. The van der Waals surface area contributed by atoms with Crippen molar-refractivity contribution in [2.24, 2.45) is 0 Å². The smallest absolute Gasteiger partial charge is 0.251 e. The summed E-state index contributed by atoms with van der Waals surface area (Å²) in [7, 11) is -1.95. The fourth-order valence-electron chi connectivity index (χ4n) is 4.34. The molecule has 206 valence electrons. The van der Waals surface area contributed by atoms with Crippen LogP contribution in [0, 0.1) is 0 Å². The summed E-state index contributed by atoms with van der Waals surface area (Å²) in [6.45, 7) is 9.97. The molecule has 0 spiro atoms. The molecule has 11 heteroatoms. The van der Waals surface area contributed by atoms with Crippen LogP contribution in [0.3, 0.4) is 0 Å². The van der Waals surface area contributed by atoms with Gasteiger partial charge in [-0.3, -0.25) is 9.69 Å². The number of thiazole rings is 1. The van der Waals surface area contributed by atoms with E-state index in [1.807, 2.05) is 26.0 Å². The highest BCUT2D eigenvalue weighted by Crippen LogP contribution is 2.32. The summed E-state index contributed by atoms with van der Waals surface area (Å²) >= 11 is 1.69. The van der Waals surface area contributed by atoms with E-state index < -0.39 is 10.0 Å². The minimum absolute atomic E-state index is 0.201. The standard InChI is InChI=1S/C27H37N5O4S2/c1-4-6-14-30(3)38(34,35)23-10-7-21(8-11-23)26(33)28-13-15-31-16-18-32(19-17-31)27-29-24-12-9-22(36-5-2)20-25(24)37-27/h7-12,20H,4-6,13-19H2,1-3H3,(H,28,33). The number of nitrogens with zero attached hydrogens (tertiary/aromatic N) is 4. The van der Waals surface area contributed by atoms with Gasteiger partial charge in [-0.1, -0.05) is 24.7 Å². The molecule has 2 heterocycles. The summed E-state index contributed by atoms with van der Waals surface area (Å²) in [5.74, 6) is 0.672. The first-order valence-corrected chi connectivity index (χ1v) is 15.4. The third-order valence-electron chi connectivity index (χ3n) is 6.67. The molecule has 1 fully saturated rings. The zero-order valence-electron chi connectivity index (χ0n) is 22.4. The molecule has 1 saturated heterocycles. The molecule has 4 rings (SSSR count). The minimum Gasteiger partial charge on any atom is -0.494 e. The fraction of sp³-hybridized carbons (Fsp3) is 0.481. The molecule has 1 aromatic heterocycles. The average Bonchev–Trinajstić information content (AvgIpc) is 3.36. The summed E-state index contributed by atoms with van der Waals surface area (Å²) in [6.07, 6.45) is 1.73. The van der Waals surface area contributed by atoms with Gasteiger partial charge in [0.15, 0.2) is 5.13 Å². The SMILES string of the molecule is CCCCN(C)S(=O)(=O)c1ccc(C(=O)NCCN2CCN(c3nc4ccc(OCC)cc4s3)CC2)cc1. The van der Waals surface area contributed by atoms with Gasteiger partial charge in [-0.2, -0.15) is 0 Å². The van der Waals surface area contributed by atoms with Gasteiger partial charge in [0, 0.05) is 58.4 Å². The molecule has 1 aliphatic heterocycles. The van der Waals surface area contributed by atoms with E-state index in [2.05, 4.69) is 21.2 Å². The van der Waals surface area contributed by atoms with Gasteiger partial charge in [-0.15, -0.1) is 0 Å². The number of unbranched alkanes of at least 4 members (excludes halogenated alkanes) is 1. The number of piperazine rings is 1. The second-order valence-corrected chi connectivity index (χ2v) is 12.4. The van der Waals surface area contributed by atoms with Gasteiger partial charge in [0.1, 0.15) is 5.75 Å². The summed E-state index contributed by atoms with van der Waals surface area (Å²) in [5.41, 5.74) is 1.45. The molecular weight excluding hydrogens is 522 g/mol. The van der Waals surface area contributed by atoms with Crippen LogP contribution in [0.5, 0.6) is 5.75 Å². The monoisotopic (exact) mass is 559 g/mol. The highest BCUT2D eigenvalue weighted by atomic mass is 32.2. The Morgan fingerprint density at radius 1 is 1.11 bits per heavy atom. The number of rotatable bonds is 12. The van der Waals surface area contributed by atoms with E-state index in [4.69, 9.17) is 9.72 Å². The molecule has 1 N–H and O–H groups in total. The topological polar surface area (TPSA) is 95.1 Å². The molecule has 0 radical (unpaired) electrons. The maximum absolute atomic E-state index is 12.7. The molecule has 38 heavy (non-hydrogen) atoms. The van der Waals surface area contributed by atoms with Crippen LogP contribution in [0.2, 0.25) is 0 Å². The van der Waals surface area contributed by atoms with Crippen LogP contribution in [0.4, 0.5) is 5.13 Å². The van der Waals surface area contributed by atoms with Crippen molar-refractivity contribution in [3.63, 3.8) is 0 Å². The second-order valence-electron chi connectivity index (χ2n) is 9.35. The molecule has 0 atom stereocenters. The first-order chi connectivity index (χ1) is 18.3. The Balaban J connectivity index is 1.22. The van der Waals surface area contributed by atoms with E-state index in [1.54, 1.807) is 30.5 Å². The molecule has 2 aromatic carbocycles. The van der Waals surface area contributed by atoms with E-state index in [9.17, 15) is 13.2 Å². The van der Waals surface area contributed by atoms with Crippen LogP contribution in [0.1, 0.15) is 37.0 Å².